The molecular weight excluding hydrogens is 470 g/mol. The molecule has 1 fully saturated rings. The number of pyridine rings is 1. The van der Waals surface area contributed by atoms with Gasteiger partial charge in [-0.25, -0.2) is 22.0 Å². The number of ether oxygens (including phenoxy) is 1. The molecule has 1 aliphatic rings. The third-order valence-electron chi connectivity index (χ3n) is 5.59. The minimum Gasteiger partial charge on any atom is -0.478 e. The van der Waals surface area contributed by atoms with E-state index in [1.807, 2.05) is 10.8 Å². The van der Waals surface area contributed by atoms with Gasteiger partial charge in [0.2, 0.25) is 0 Å². The predicted molar refractivity (Wildman–Crippen MR) is 119 cm³/mol. The summed E-state index contributed by atoms with van der Waals surface area (Å²) in [5.74, 6) is -3.96. The first-order valence-electron chi connectivity index (χ1n) is 10.3. The molecule has 0 bridgehead atoms. The van der Waals surface area contributed by atoms with Crippen LogP contribution in [0.1, 0.15) is 34.7 Å². The molecule has 0 atom stereocenters. The Kier molecular flexibility index (Phi) is 6.49. The van der Waals surface area contributed by atoms with Gasteiger partial charge in [-0.1, -0.05) is 0 Å². The Hall–Kier alpha value is -3.57. The van der Waals surface area contributed by atoms with Gasteiger partial charge < -0.3 is 9.84 Å². The Balaban J connectivity index is 1.56. The molecule has 0 saturated carbocycles. The molecule has 0 amide bonds. The van der Waals surface area contributed by atoms with Gasteiger partial charge in [-0.2, -0.15) is 0 Å². The van der Waals surface area contributed by atoms with Gasteiger partial charge in [0, 0.05) is 37.2 Å². The SMILES string of the molecule is O=C(O)c1cc(F)c(NS(=O)(=O)c2ccc(-n3ccc(C4CCOCC4)cc3=O)cc2)cc1F. The highest BCUT2D eigenvalue weighted by atomic mass is 32.2. The zero-order chi connectivity index (χ0) is 24.5. The molecule has 1 aliphatic heterocycles. The van der Waals surface area contributed by atoms with E-state index >= 15 is 0 Å². The van der Waals surface area contributed by atoms with Crippen molar-refractivity contribution in [2.45, 2.75) is 23.7 Å². The van der Waals surface area contributed by atoms with Crippen LogP contribution >= 0.6 is 0 Å². The van der Waals surface area contributed by atoms with E-state index in [0.717, 1.165) is 18.4 Å². The van der Waals surface area contributed by atoms with E-state index in [1.54, 1.807) is 12.3 Å². The molecule has 4 rings (SSSR count). The smallest absolute Gasteiger partial charge is 0.338 e. The molecule has 2 N–H and O–H groups in total. The normalized spacial score (nSPS) is 14.6. The van der Waals surface area contributed by atoms with Crippen LogP contribution in [0.3, 0.4) is 0 Å². The Labute approximate surface area is 193 Å². The zero-order valence-corrected chi connectivity index (χ0v) is 18.5. The van der Waals surface area contributed by atoms with Crippen LogP contribution in [0, 0.1) is 11.6 Å². The standard InChI is InChI=1S/C23H20F2N2O6S/c24-19-13-21(20(25)12-18(19)23(29)30)26-34(31,32)17-3-1-16(2-4-17)27-8-5-15(11-22(27)28)14-6-9-33-10-7-14/h1-5,8,11-14,26H,6-7,9-10H2,(H,29,30). The van der Waals surface area contributed by atoms with Crippen molar-refractivity contribution in [3.63, 3.8) is 0 Å². The summed E-state index contributed by atoms with van der Waals surface area (Å²) < 4.78 is 61.9. The van der Waals surface area contributed by atoms with E-state index in [4.69, 9.17) is 9.84 Å². The molecule has 2 aromatic carbocycles. The zero-order valence-electron chi connectivity index (χ0n) is 17.7. The van der Waals surface area contributed by atoms with E-state index in [1.165, 1.54) is 28.8 Å². The number of sulfonamides is 1. The summed E-state index contributed by atoms with van der Waals surface area (Å²) in [4.78, 5) is 23.3. The van der Waals surface area contributed by atoms with Crippen molar-refractivity contribution in [3.8, 4) is 5.69 Å². The minimum atomic E-state index is -4.32. The summed E-state index contributed by atoms with van der Waals surface area (Å²) in [5.41, 5.74) is -0.569. The summed E-state index contributed by atoms with van der Waals surface area (Å²) in [6.45, 7) is 1.30. The number of halogens is 2. The van der Waals surface area contributed by atoms with Gasteiger partial charge in [-0.05, 0) is 60.7 Å². The molecule has 178 valence electrons. The maximum Gasteiger partial charge on any atom is 0.338 e. The maximum absolute atomic E-state index is 14.1. The average molecular weight is 490 g/mol. The third kappa shape index (κ3) is 4.85. The number of carbonyl (C=O) groups is 1. The monoisotopic (exact) mass is 490 g/mol. The molecule has 1 saturated heterocycles. The van der Waals surface area contributed by atoms with Crippen LogP contribution in [0.5, 0.6) is 0 Å². The van der Waals surface area contributed by atoms with Crippen molar-refractivity contribution in [1.29, 1.82) is 0 Å². The van der Waals surface area contributed by atoms with Gasteiger partial charge in [-0.3, -0.25) is 14.1 Å². The van der Waals surface area contributed by atoms with Gasteiger partial charge in [0.1, 0.15) is 11.6 Å². The first-order valence-corrected chi connectivity index (χ1v) is 11.8. The molecule has 0 aliphatic carbocycles. The van der Waals surface area contributed by atoms with Crippen LogP contribution < -0.4 is 10.3 Å². The molecule has 0 radical (unpaired) electrons. The Bertz CT molecular complexity index is 1400. The minimum absolute atomic E-state index is 0.254. The highest BCUT2D eigenvalue weighted by molar-refractivity contribution is 7.92. The fourth-order valence-electron chi connectivity index (χ4n) is 3.77. The lowest BCUT2D eigenvalue weighted by Crippen LogP contribution is -2.21. The Morgan fingerprint density at radius 3 is 2.32 bits per heavy atom. The van der Waals surface area contributed by atoms with Crippen LogP contribution in [0.2, 0.25) is 0 Å². The molecule has 11 heteroatoms. The van der Waals surface area contributed by atoms with Gasteiger partial charge in [0.05, 0.1) is 16.1 Å². The summed E-state index contributed by atoms with van der Waals surface area (Å²) in [6.07, 6.45) is 3.30. The van der Waals surface area contributed by atoms with Gasteiger partial charge in [0.25, 0.3) is 15.6 Å². The van der Waals surface area contributed by atoms with Crippen LogP contribution in [0.4, 0.5) is 14.5 Å². The van der Waals surface area contributed by atoms with E-state index in [0.29, 0.717) is 31.0 Å². The van der Waals surface area contributed by atoms with Crippen molar-refractivity contribution in [3.05, 3.63) is 87.8 Å². The topological polar surface area (TPSA) is 115 Å². The number of anilines is 1. The first-order chi connectivity index (χ1) is 16.2. The molecule has 8 nitrogen and oxygen atoms in total. The molecule has 0 spiro atoms. The number of aromatic carboxylic acids is 1. The first kappa shape index (κ1) is 23.6. The van der Waals surface area contributed by atoms with Crippen molar-refractivity contribution >= 4 is 21.7 Å². The van der Waals surface area contributed by atoms with Gasteiger partial charge in [-0.15, -0.1) is 0 Å². The fraction of sp³-hybridized carbons (Fsp3) is 0.217. The maximum atomic E-state index is 14.1. The summed E-state index contributed by atoms with van der Waals surface area (Å²) >= 11 is 0. The number of aromatic nitrogens is 1. The number of carboxylic acid groups (broad SMARTS) is 1. The summed E-state index contributed by atoms with van der Waals surface area (Å²) in [7, 11) is -4.32. The lowest BCUT2D eigenvalue weighted by atomic mass is 9.92. The summed E-state index contributed by atoms with van der Waals surface area (Å²) in [6, 6.07) is 9.52. The second-order valence-corrected chi connectivity index (χ2v) is 9.45. The number of hydrogen-bond donors (Lipinski definition) is 2. The van der Waals surface area contributed by atoms with Gasteiger partial charge >= 0.3 is 5.97 Å². The van der Waals surface area contributed by atoms with E-state index in [9.17, 15) is 26.8 Å². The predicted octanol–water partition coefficient (Wildman–Crippen LogP) is 3.51. The molecule has 2 heterocycles. The van der Waals surface area contributed by atoms with Crippen molar-refractivity contribution in [2.24, 2.45) is 0 Å². The lowest BCUT2D eigenvalue weighted by molar-refractivity contribution is 0.0691. The number of benzene rings is 2. The Morgan fingerprint density at radius 1 is 1.03 bits per heavy atom. The largest absolute Gasteiger partial charge is 0.478 e. The molecular formula is C23H20F2N2O6S. The van der Waals surface area contributed by atoms with E-state index < -0.39 is 38.9 Å². The number of hydrogen-bond acceptors (Lipinski definition) is 5. The second kappa shape index (κ2) is 9.35. The van der Waals surface area contributed by atoms with Crippen LogP contribution in [-0.2, 0) is 14.8 Å². The van der Waals surface area contributed by atoms with Crippen molar-refractivity contribution in [2.75, 3.05) is 17.9 Å². The number of carboxylic acids is 1. The van der Waals surface area contributed by atoms with Crippen LogP contribution in [0.15, 0.2) is 64.4 Å². The molecule has 3 aromatic rings. The lowest BCUT2D eigenvalue weighted by Gasteiger charge is -2.22. The van der Waals surface area contributed by atoms with Crippen molar-refractivity contribution < 1.29 is 31.8 Å². The number of nitrogens with one attached hydrogen (secondary N) is 1. The molecule has 1 aromatic heterocycles. The number of nitrogens with zero attached hydrogens (tertiary/aromatic N) is 1. The van der Waals surface area contributed by atoms with Crippen LogP contribution in [-0.4, -0.2) is 37.3 Å². The molecule has 34 heavy (non-hydrogen) atoms. The number of rotatable bonds is 6. The fourth-order valence-corrected chi connectivity index (χ4v) is 4.83. The highest BCUT2D eigenvalue weighted by Crippen LogP contribution is 2.26. The quantitative estimate of drug-likeness (QED) is 0.547. The second-order valence-electron chi connectivity index (χ2n) is 7.77. The summed E-state index contributed by atoms with van der Waals surface area (Å²) in [5, 5.41) is 8.84. The molecule has 0 unspecified atom stereocenters. The Morgan fingerprint density at radius 2 is 1.71 bits per heavy atom. The van der Waals surface area contributed by atoms with Crippen molar-refractivity contribution in [1.82, 2.24) is 4.57 Å². The third-order valence-corrected chi connectivity index (χ3v) is 6.97. The highest BCUT2D eigenvalue weighted by Gasteiger charge is 2.21. The average Bonchev–Trinajstić information content (AvgIpc) is 2.81. The van der Waals surface area contributed by atoms with Crippen LogP contribution in [0.25, 0.3) is 5.69 Å². The van der Waals surface area contributed by atoms with E-state index in [-0.39, 0.29) is 16.4 Å². The van der Waals surface area contributed by atoms with Gasteiger partial charge in [0.15, 0.2) is 0 Å². The van der Waals surface area contributed by atoms with E-state index in [2.05, 4.69) is 0 Å².